The Kier molecular flexibility index (Phi) is 5.51. The summed E-state index contributed by atoms with van der Waals surface area (Å²) in [5, 5.41) is 2.36. The number of anilines is 1. The summed E-state index contributed by atoms with van der Waals surface area (Å²) in [5.74, 6) is -1.97. The van der Waals surface area contributed by atoms with Crippen LogP contribution in [0.1, 0.15) is 10.4 Å². The monoisotopic (exact) mass is 400 g/mol. The van der Waals surface area contributed by atoms with Crippen molar-refractivity contribution in [3.8, 4) is 11.4 Å². The molecule has 28 heavy (non-hydrogen) atoms. The zero-order valence-electron chi connectivity index (χ0n) is 14.4. The summed E-state index contributed by atoms with van der Waals surface area (Å²) in [4.78, 5) is 40.7. The van der Waals surface area contributed by atoms with Crippen LogP contribution in [-0.4, -0.2) is 21.4 Å². The molecule has 0 spiro atoms. The van der Waals surface area contributed by atoms with E-state index in [1.807, 2.05) is 0 Å². The van der Waals surface area contributed by atoms with E-state index < -0.39 is 29.7 Å². The molecule has 0 aliphatic carbocycles. The van der Waals surface area contributed by atoms with E-state index in [2.05, 4.69) is 10.3 Å². The fraction of sp³-hybridized carbons (Fsp3) is 0.0526. The second-order valence-electron chi connectivity index (χ2n) is 5.79. The average molecular weight is 401 g/mol. The lowest BCUT2D eigenvalue weighted by molar-refractivity contribution is -0.116. The normalized spacial score (nSPS) is 10.5. The first-order valence-electron chi connectivity index (χ1n) is 8.07. The van der Waals surface area contributed by atoms with Crippen LogP contribution in [-0.2, 0) is 11.3 Å². The van der Waals surface area contributed by atoms with Gasteiger partial charge < -0.3 is 11.1 Å². The molecule has 3 rings (SSSR count). The van der Waals surface area contributed by atoms with Crippen molar-refractivity contribution in [3.63, 3.8) is 0 Å². The van der Waals surface area contributed by atoms with Crippen LogP contribution in [0, 0.1) is 5.82 Å². The Hall–Kier alpha value is -3.52. The highest BCUT2D eigenvalue weighted by Gasteiger charge is 2.17. The molecule has 142 valence electrons. The highest BCUT2D eigenvalue weighted by molar-refractivity contribution is 6.31. The number of benzene rings is 2. The third kappa shape index (κ3) is 4.07. The van der Waals surface area contributed by atoms with Crippen molar-refractivity contribution in [2.24, 2.45) is 5.73 Å². The molecule has 0 saturated heterocycles. The number of aromatic nitrogens is 2. The lowest BCUT2D eigenvalue weighted by Crippen LogP contribution is -2.34. The molecular weight excluding hydrogens is 387 g/mol. The van der Waals surface area contributed by atoms with Crippen LogP contribution < -0.4 is 16.6 Å². The van der Waals surface area contributed by atoms with Crippen molar-refractivity contribution in [2.45, 2.75) is 6.54 Å². The van der Waals surface area contributed by atoms with E-state index in [0.29, 0.717) is 5.56 Å². The molecule has 2 aromatic carbocycles. The summed E-state index contributed by atoms with van der Waals surface area (Å²) in [6.45, 7) is -0.438. The third-order valence-corrected chi connectivity index (χ3v) is 4.14. The van der Waals surface area contributed by atoms with Gasteiger partial charge in [-0.05, 0) is 18.2 Å². The third-order valence-electron chi connectivity index (χ3n) is 3.85. The van der Waals surface area contributed by atoms with Gasteiger partial charge in [-0.15, -0.1) is 0 Å². The molecule has 0 aliphatic heterocycles. The highest BCUT2D eigenvalue weighted by Crippen LogP contribution is 2.20. The predicted octanol–water partition coefficient (Wildman–Crippen LogP) is 2.44. The molecule has 3 aromatic rings. The number of carbonyl (C=O) groups excluding carboxylic acids is 2. The molecule has 1 aromatic heterocycles. The number of hydrogen-bond acceptors (Lipinski definition) is 4. The van der Waals surface area contributed by atoms with Gasteiger partial charge in [0.25, 0.3) is 11.5 Å². The number of rotatable bonds is 5. The van der Waals surface area contributed by atoms with Gasteiger partial charge in [0.15, 0.2) is 0 Å². The van der Waals surface area contributed by atoms with Crippen LogP contribution in [0.4, 0.5) is 10.1 Å². The number of primary amides is 1. The van der Waals surface area contributed by atoms with Gasteiger partial charge in [-0.1, -0.05) is 41.9 Å². The van der Waals surface area contributed by atoms with Crippen molar-refractivity contribution in [2.75, 3.05) is 5.32 Å². The molecule has 0 unspecified atom stereocenters. The van der Waals surface area contributed by atoms with Crippen LogP contribution in [0.5, 0.6) is 0 Å². The molecule has 0 bridgehead atoms. The number of hydrogen-bond donors (Lipinski definition) is 2. The number of nitrogens with two attached hydrogens (primary N) is 1. The summed E-state index contributed by atoms with van der Waals surface area (Å²) in [5.41, 5.74) is 4.97. The molecule has 7 nitrogen and oxygen atoms in total. The van der Waals surface area contributed by atoms with E-state index in [1.54, 1.807) is 30.3 Å². The van der Waals surface area contributed by atoms with E-state index in [-0.39, 0.29) is 22.1 Å². The second kappa shape index (κ2) is 8.01. The van der Waals surface area contributed by atoms with Gasteiger partial charge in [0.1, 0.15) is 23.7 Å². The van der Waals surface area contributed by atoms with Gasteiger partial charge in [0.2, 0.25) is 5.91 Å². The molecular formula is C19H14ClFN4O3. The van der Waals surface area contributed by atoms with Gasteiger partial charge in [-0.2, -0.15) is 0 Å². The zero-order valence-corrected chi connectivity index (χ0v) is 15.1. The van der Waals surface area contributed by atoms with Gasteiger partial charge in [0, 0.05) is 17.4 Å². The number of nitrogens with one attached hydrogen (secondary N) is 1. The van der Waals surface area contributed by atoms with E-state index in [0.717, 1.165) is 16.8 Å². The van der Waals surface area contributed by atoms with E-state index in [1.165, 1.54) is 12.1 Å². The maximum absolute atomic E-state index is 13.3. The van der Waals surface area contributed by atoms with Crippen LogP contribution >= 0.6 is 11.6 Å². The summed E-state index contributed by atoms with van der Waals surface area (Å²) in [6, 6.07) is 12.4. The lowest BCUT2D eigenvalue weighted by Gasteiger charge is -2.13. The van der Waals surface area contributed by atoms with Crippen molar-refractivity contribution in [3.05, 3.63) is 81.5 Å². The molecule has 0 fully saturated rings. The Morgan fingerprint density at radius 1 is 1.18 bits per heavy atom. The summed E-state index contributed by atoms with van der Waals surface area (Å²) >= 11 is 5.70. The minimum atomic E-state index is -0.948. The fourth-order valence-electron chi connectivity index (χ4n) is 2.54. The fourth-order valence-corrected chi connectivity index (χ4v) is 2.72. The Balaban J connectivity index is 1.98. The molecule has 0 radical (unpaired) electrons. The lowest BCUT2D eigenvalue weighted by atomic mass is 10.2. The molecule has 0 saturated carbocycles. The Labute approximate surface area is 163 Å². The average Bonchev–Trinajstić information content (AvgIpc) is 2.66. The number of carbonyl (C=O) groups is 2. The first-order valence-corrected chi connectivity index (χ1v) is 8.44. The quantitative estimate of drug-likeness (QED) is 0.685. The minimum absolute atomic E-state index is 0.155. The van der Waals surface area contributed by atoms with Crippen LogP contribution in [0.2, 0.25) is 5.02 Å². The van der Waals surface area contributed by atoms with E-state index >= 15 is 0 Å². The summed E-state index contributed by atoms with van der Waals surface area (Å²) in [7, 11) is 0. The summed E-state index contributed by atoms with van der Waals surface area (Å²) in [6.07, 6.45) is 1.08. The molecule has 0 aliphatic rings. The van der Waals surface area contributed by atoms with Gasteiger partial charge >= 0.3 is 0 Å². The van der Waals surface area contributed by atoms with Gasteiger partial charge in [-0.25, -0.2) is 9.37 Å². The zero-order chi connectivity index (χ0) is 20.3. The minimum Gasteiger partial charge on any atom is -0.365 e. The van der Waals surface area contributed by atoms with E-state index in [4.69, 9.17) is 17.3 Å². The Morgan fingerprint density at radius 3 is 2.54 bits per heavy atom. The second-order valence-corrected chi connectivity index (χ2v) is 6.20. The number of amides is 2. The van der Waals surface area contributed by atoms with Crippen molar-refractivity contribution in [1.82, 2.24) is 9.55 Å². The van der Waals surface area contributed by atoms with Crippen LogP contribution in [0.3, 0.4) is 0 Å². The number of nitrogens with zero attached hydrogens (tertiary/aromatic N) is 2. The molecule has 3 N–H and O–H groups in total. The smallest absolute Gasteiger partial charge is 0.267 e. The topological polar surface area (TPSA) is 107 Å². The largest absolute Gasteiger partial charge is 0.365 e. The predicted molar refractivity (Wildman–Crippen MR) is 102 cm³/mol. The van der Waals surface area contributed by atoms with E-state index in [9.17, 15) is 18.8 Å². The Morgan fingerprint density at radius 2 is 1.89 bits per heavy atom. The van der Waals surface area contributed by atoms with Gasteiger partial charge in [0.05, 0.1) is 5.02 Å². The van der Waals surface area contributed by atoms with Crippen LogP contribution in [0.25, 0.3) is 11.4 Å². The summed E-state index contributed by atoms with van der Waals surface area (Å²) < 4.78 is 14.3. The standard InChI is InChI=1S/C19H14ClFN4O3/c20-14-8-12(6-7-15(14)21)24-16(26)10-25-18(11-4-2-1-3-5-11)23-9-13(17(22)27)19(25)28/h1-9H,10H2,(H2,22,27)(H,24,26). The van der Waals surface area contributed by atoms with Crippen LogP contribution in [0.15, 0.2) is 59.5 Å². The SMILES string of the molecule is NC(=O)c1cnc(-c2ccccc2)n(CC(=O)Nc2ccc(F)c(Cl)c2)c1=O. The van der Waals surface area contributed by atoms with Crippen molar-refractivity contribution in [1.29, 1.82) is 0 Å². The molecule has 0 atom stereocenters. The Bertz CT molecular complexity index is 1120. The molecule has 9 heteroatoms. The highest BCUT2D eigenvalue weighted by atomic mass is 35.5. The van der Waals surface area contributed by atoms with Crippen molar-refractivity contribution >= 4 is 29.1 Å². The van der Waals surface area contributed by atoms with Gasteiger partial charge in [-0.3, -0.25) is 19.0 Å². The molecule has 2 amide bonds. The maximum Gasteiger partial charge on any atom is 0.267 e. The first kappa shape index (κ1) is 19.2. The number of halogens is 2. The molecule has 1 heterocycles. The maximum atomic E-state index is 13.3. The van der Waals surface area contributed by atoms with Crippen molar-refractivity contribution < 1.29 is 14.0 Å². The first-order chi connectivity index (χ1) is 13.4.